The predicted octanol–water partition coefficient (Wildman–Crippen LogP) is -5.72. The van der Waals surface area contributed by atoms with Crippen molar-refractivity contribution in [2.45, 2.75) is 158 Å². The third kappa shape index (κ3) is 27.1. The number of aromatic nitrogens is 4. The van der Waals surface area contributed by atoms with E-state index in [1.54, 1.807) is 0 Å². The zero-order valence-corrected chi connectivity index (χ0v) is 47.6. The minimum absolute atomic E-state index is 0.00268. The molecule has 0 aliphatic carbocycles. The van der Waals surface area contributed by atoms with Crippen LogP contribution < -0.4 is 88.8 Å². The molecule has 0 radical (unpaired) electrons. The Balaban J connectivity index is 1.65. The van der Waals surface area contributed by atoms with Crippen molar-refractivity contribution in [3.63, 3.8) is 0 Å². The lowest BCUT2D eigenvalue weighted by atomic mass is 10.0. The van der Waals surface area contributed by atoms with Crippen LogP contribution in [-0.4, -0.2) is 190 Å². The van der Waals surface area contributed by atoms with Gasteiger partial charge < -0.3 is 103 Å². The fraction of sp³-hybridized carbons (Fsp3) is 0.673. The molecular formula is C49H88N24O11. The number of nitrogens with one attached hydrogen (secondary N) is 7. The maximum atomic E-state index is 14.3. The van der Waals surface area contributed by atoms with E-state index in [0.29, 0.717) is 70.0 Å². The molecular weight excluding hydrogens is 1100 g/mol. The van der Waals surface area contributed by atoms with Crippen LogP contribution in [-0.2, 0) is 38.2 Å². The van der Waals surface area contributed by atoms with Crippen LogP contribution in [0.15, 0.2) is 32.6 Å². The van der Waals surface area contributed by atoms with Gasteiger partial charge in [-0.05, 0) is 83.6 Å². The highest BCUT2D eigenvalue weighted by atomic mass is 16.6. The number of ether oxygens (including phenoxy) is 2. The maximum absolute atomic E-state index is 14.3. The number of unbranched alkanes of at least 4 members (excludes halogenated alkanes) is 5. The molecule has 8 atom stereocenters. The van der Waals surface area contributed by atoms with Gasteiger partial charge in [0.05, 0.1) is 12.4 Å². The number of hydrogen-bond acceptors (Lipinski definition) is 20. The molecule has 1 fully saturated rings. The van der Waals surface area contributed by atoms with Crippen molar-refractivity contribution in [3.8, 4) is 0 Å². The standard InChI is InChI=1S/C49H88N24O11/c1-28(74)59-18-8-4-5-17-34(75)72-43(81)32(16-12-24-64-48(57)58)71-42(80)31(15-11-23-63-47(55)56)70-41(79)30(14-10-22-62-46(53)54)69-40(78)29(13-9-21-61-45(51)52)60-19-6-2-3-7-20-65-49(82)83-25-33-36(76)37(77)44(84-33)73-27-68-35-38(50)66-26-67-39(35)73/h26-27,29-33,36-37,44,60,76-77H,2-25H2,1H3,(H,59,74)(H,65,82)(H,69,78)(H,70,79)(H,71,80)(H2,50,66,67)(H4,51,52,61)(H4,53,54,62)(H4,55,56,63)(H4,57,58,64)(H,72,75,81)/t29-,30-,31-,32-,33+,36+,37+,44+/m0/s1. The minimum Gasteiger partial charge on any atom is -0.447 e. The molecule has 3 rings (SSSR count). The molecule has 35 nitrogen and oxygen atoms in total. The van der Waals surface area contributed by atoms with Crippen molar-refractivity contribution in [2.75, 3.05) is 58.2 Å². The number of imide groups is 1. The summed E-state index contributed by atoms with van der Waals surface area (Å²) >= 11 is 0. The van der Waals surface area contributed by atoms with Crippen molar-refractivity contribution < 1.29 is 53.2 Å². The van der Waals surface area contributed by atoms with Gasteiger partial charge in [0.1, 0.15) is 54.9 Å². The largest absolute Gasteiger partial charge is 0.447 e. The van der Waals surface area contributed by atoms with Crippen molar-refractivity contribution in [2.24, 2.45) is 65.8 Å². The number of rotatable bonds is 40. The van der Waals surface area contributed by atoms with Crippen LogP contribution in [0.4, 0.5) is 10.6 Å². The zero-order chi connectivity index (χ0) is 62.0. The number of aliphatic hydroxyl groups excluding tert-OH is 2. The first-order valence-corrected chi connectivity index (χ1v) is 27.9. The summed E-state index contributed by atoms with van der Waals surface area (Å²) in [5.74, 6) is -4.25. The van der Waals surface area contributed by atoms with Gasteiger partial charge in [-0.25, -0.2) is 19.7 Å². The summed E-state index contributed by atoms with van der Waals surface area (Å²) in [6.07, 6.45) is 2.28. The summed E-state index contributed by atoms with van der Waals surface area (Å²) in [7, 11) is 0. The van der Waals surface area contributed by atoms with Gasteiger partial charge in [-0.2, -0.15) is 0 Å². The summed E-state index contributed by atoms with van der Waals surface area (Å²) in [4.78, 5) is 121. The van der Waals surface area contributed by atoms with E-state index in [4.69, 9.17) is 61.1 Å². The number of nitrogen functional groups attached to an aromatic ring is 1. The fourth-order valence-corrected chi connectivity index (χ4v) is 8.53. The second kappa shape index (κ2) is 38.4. The summed E-state index contributed by atoms with van der Waals surface area (Å²) in [5.41, 5.74) is 50.7. The Labute approximate surface area is 486 Å². The zero-order valence-electron chi connectivity index (χ0n) is 47.6. The number of aliphatic imine (C=N–C) groups is 4. The number of carbonyl (C=O) groups is 7. The molecule has 0 bridgehead atoms. The number of carbonyl (C=O) groups excluding carboxylic acids is 7. The van der Waals surface area contributed by atoms with Gasteiger partial charge >= 0.3 is 6.09 Å². The van der Waals surface area contributed by atoms with E-state index in [1.807, 2.05) is 0 Å². The second-order valence-electron chi connectivity index (χ2n) is 19.8. The molecule has 1 aliphatic rings. The molecule has 1 aliphatic heterocycles. The van der Waals surface area contributed by atoms with Crippen LogP contribution in [0.5, 0.6) is 0 Å². The molecule has 7 amide bonds. The summed E-state index contributed by atoms with van der Waals surface area (Å²) < 4.78 is 12.5. The van der Waals surface area contributed by atoms with E-state index in [-0.39, 0.29) is 132 Å². The van der Waals surface area contributed by atoms with E-state index in [0.717, 1.165) is 0 Å². The summed E-state index contributed by atoms with van der Waals surface area (Å²) in [6, 6.07) is -4.69. The van der Waals surface area contributed by atoms with Crippen LogP contribution in [0.25, 0.3) is 11.2 Å². The number of alkyl carbamates (subject to hydrolysis) is 1. The summed E-state index contributed by atoms with van der Waals surface area (Å²) in [5, 5.41) is 40.5. The number of guanidine groups is 4. The van der Waals surface area contributed by atoms with Crippen LogP contribution in [0.3, 0.4) is 0 Å². The van der Waals surface area contributed by atoms with E-state index < -0.39 is 84.3 Å². The number of anilines is 1. The van der Waals surface area contributed by atoms with Crippen molar-refractivity contribution in [1.29, 1.82) is 0 Å². The molecule has 0 unspecified atom stereocenters. The normalized spacial score (nSPS) is 16.8. The number of nitrogens with two attached hydrogens (primary N) is 9. The quantitative estimate of drug-likeness (QED) is 0.0168. The first kappa shape index (κ1) is 69.8. The van der Waals surface area contributed by atoms with Gasteiger partial charge in [-0.1, -0.05) is 19.3 Å². The molecule has 0 spiro atoms. The SMILES string of the molecule is CC(=O)NCCCCCC(=O)NC(=O)[C@H](CCCN=C(N)N)NC(=O)[C@H](CCCN=C(N)N)NC(=O)[C@H](CCCN=C(N)N)NC(=O)[C@H](CCCN=C(N)N)NCCCCCCNC(=O)OC[C@H]1O[C@@H](n2cnc3c(N)ncnc32)[C@H](O)[C@@H]1O. The Bertz CT molecular complexity index is 2530. The monoisotopic (exact) mass is 1190 g/mol. The highest BCUT2D eigenvalue weighted by Crippen LogP contribution is 2.32. The average Bonchev–Trinajstić information content (AvgIpc) is 3.95. The van der Waals surface area contributed by atoms with Crippen LogP contribution in [0.2, 0.25) is 0 Å². The molecule has 2 aromatic rings. The lowest BCUT2D eigenvalue weighted by molar-refractivity contribution is -0.136. The molecule has 3 heterocycles. The smallest absolute Gasteiger partial charge is 0.407 e. The van der Waals surface area contributed by atoms with Crippen LogP contribution >= 0.6 is 0 Å². The van der Waals surface area contributed by atoms with Crippen molar-refractivity contribution in [1.82, 2.24) is 56.7 Å². The van der Waals surface area contributed by atoms with Crippen LogP contribution in [0, 0.1) is 0 Å². The second-order valence-corrected chi connectivity index (χ2v) is 19.8. The molecule has 84 heavy (non-hydrogen) atoms. The van der Waals surface area contributed by atoms with E-state index in [9.17, 15) is 43.8 Å². The van der Waals surface area contributed by atoms with Gasteiger partial charge in [-0.3, -0.25) is 58.6 Å². The molecule has 1 saturated heterocycles. The number of amides is 7. The Morgan fingerprint density at radius 2 is 1.06 bits per heavy atom. The minimum atomic E-state index is -1.39. The van der Waals surface area contributed by atoms with Gasteiger partial charge in [0.25, 0.3) is 0 Å². The van der Waals surface area contributed by atoms with E-state index >= 15 is 0 Å². The van der Waals surface area contributed by atoms with Gasteiger partial charge in [-0.15, -0.1) is 0 Å². The van der Waals surface area contributed by atoms with Crippen LogP contribution in [0.1, 0.15) is 116 Å². The third-order valence-electron chi connectivity index (χ3n) is 12.9. The number of hydrogen-bond donors (Lipinski definition) is 18. The molecule has 470 valence electrons. The lowest BCUT2D eigenvalue weighted by Crippen LogP contribution is -2.58. The fourth-order valence-electron chi connectivity index (χ4n) is 8.53. The van der Waals surface area contributed by atoms with Gasteiger partial charge in [0.2, 0.25) is 35.4 Å². The Kier molecular flexibility index (Phi) is 31.9. The van der Waals surface area contributed by atoms with E-state index in [1.165, 1.54) is 24.1 Å². The number of imidazole rings is 1. The molecule has 2 aromatic heterocycles. The first-order chi connectivity index (χ1) is 40.1. The number of nitrogens with zero attached hydrogens (tertiary/aromatic N) is 8. The highest BCUT2D eigenvalue weighted by molar-refractivity contribution is 6.00. The maximum Gasteiger partial charge on any atom is 0.407 e. The average molecular weight is 1190 g/mol. The Morgan fingerprint density at radius 1 is 0.595 bits per heavy atom. The molecule has 0 saturated carbocycles. The third-order valence-corrected chi connectivity index (χ3v) is 12.9. The first-order valence-electron chi connectivity index (χ1n) is 27.9. The Hall–Kier alpha value is -8.44. The topological polar surface area (TPSA) is 590 Å². The van der Waals surface area contributed by atoms with Crippen molar-refractivity contribution in [3.05, 3.63) is 12.7 Å². The predicted molar refractivity (Wildman–Crippen MR) is 311 cm³/mol. The number of aliphatic hydroxyl groups is 2. The highest BCUT2D eigenvalue weighted by Gasteiger charge is 2.45. The van der Waals surface area contributed by atoms with Crippen molar-refractivity contribution >= 4 is 82.4 Å². The molecule has 27 N–H and O–H groups in total. The Morgan fingerprint density at radius 3 is 1.57 bits per heavy atom. The molecule has 0 aromatic carbocycles. The lowest BCUT2D eigenvalue weighted by Gasteiger charge is -2.26. The number of fused-ring (bicyclic) bond motifs is 1. The summed E-state index contributed by atoms with van der Waals surface area (Å²) in [6.45, 7) is 2.57. The van der Waals surface area contributed by atoms with Gasteiger partial charge in [0, 0.05) is 52.6 Å². The molecule has 35 heteroatoms. The van der Waals surface area contributed by atoms with E-state index in [2.05, 4.69) is 72.1 Å². The van der Waals surface area contributed by atoms with Gasteiger partial charge in [0.15, 0.2) is 41.5 Å².